The highest BCUT2D eigenvalue weighted by molar-refractivity contribution is 9.10. The smallest absolute Gasteiger partial charge is 0.0592 e. The summed E-state index contributed by atoms with van der Waals surface area (Å²) in [6.07, 6.45) is 3.80. The van der Waals surface area contributed by atoms with E-state index in [1.807, 2.05) is 19.4 Å². The van der Waals surface area contributed by atoms with Gasteiger partial charge in [-0.15, -0.1) is 0 Å². The van der Waals surface area contributed by atoms with Crippen molar-refractivity contribution in [2.75, 3.05) is 7.05 Å². The molecule has 0 aliphatic rings. The minimum Gasteiger partial charge on any atom is -0.309 e. The number of nitrogens with zero attached hydrogens (tertiary/aromatic N) is 1. The van der Waals surface area contributed by atoms with E-state index < -0.39 is 0 Å². The topological polar surface area (TPSA) is 24.9 Å². The molecule has 1 aromatic heterocycles. The van der Waals surface area contributed by atoms with Gasteiger partial charge in [-0.1, -0.05) is 28.1 Å². The first kappa shape index (κ1) is 13.2. The van der Waals surface area contributed by atoms with Gasteiger partial charge in [-0.25, -0.2) is 0 Å². The van der Waals surface area contributed by atoms with Crippen LogP contribution in [-0.4, -0.2) is 12.0 Å². The van der Waals surface area contributed by atoms with Crippen LogP contribution in [0.15, 0.2) is 41.1 Å². The lowest BCUT2D eigenvalue weighted by atomic mass is 9.95. The van der Waals surface area contributed by atoms with Crippen LogP contribution in [0.5, 0.6) is 0 Å². The number of aromatic nitrogens is 1. The van der Waals surface area contributed by atoms with E-state index in [4.69, 9.17) is 0 Å². The second-order valence-electron chi connectivity index (χ2n) is 4.52. The molecule has 0 fully saturated rings. The number of hydrogen-bond acceptors (Lipinski definition) is 2. The van der Waals surface area contributed by atoms with E-state index in [0.29, 0.717) is 0 Å². The van der Waals surface area contributed by atoms with Crippen LogP contribution in [0.3, 0.4) is 0 Å². The molecule has 1 atom stereocenters. The molecule has 0 saturated carbocycles. The first-order valence-electron chi connectivity index (χ1n) is 5.96. The Hall–Kier alpha value is -1.19. The lowest BCUT2D eigenvalue weighted by Gasteiger charge is -2.19. The molecule has 2 nitrogen and oxygen atoms in total. The highest BCUT2D eigenvalue weighted by Crippen LogP contribution is 2.27. The Morgan fingerprint density at radius 2 is 1.94 bits per heavy atom. The number of nitrogens with one attached hydrogen (secondary N) is 1. The lowest BCUT2D eigenvalue weighted by Crippen LogP contribution is -2.19. The van der Waals surface area contributed by atoms with E-state index in [0.717, 1.165) is 4.47 Å². The van der Waals surface area contributed by atoms with Crippen LogP contribution >= 0.6 is 15.9 Å². The third kappa shape index (κ3) is 2.79. The van der Waals surface area contributed by atoms with Gasteiger partial charge in [0, 0.05) is 16.9 Å². The highest BCUT2D eigenvalue weighted by Gasteiger charge is 2.15. The van der Waals surface area contributed by atoms with Crippen LogP contribution in [-0.2, 0) is 0 Å². The summed E-state index contributed by atoms with van der Waals surface area (Å²) in [6, 6.07) is 8.72. The van der Waals surface area contributed by atoms with E-state index >= 15 is 0 Å². The Labute approximate surface area is 117 Å². The molecule has 0 amide bonds. The molecule has 0 radical (unpaired) electrons. The summed E-state index contributed by atoms with van der Waals surface area (Å²) in [5, 5.41) is 3.37. The van der Waals surface area contributed by atoms with Crippen LogP contribution in [0.4, 0.5) is 0 Å². The Kier molecular flexibility index (Phi) is 4.15. The van der Waals surface area contributed by atoms with Gasteiger partial charge in [0.15, 0.2) is 0 Å². The molecular weight excluding hydrogens is 288 g/mol. The van der Waals surface area contributed by atoms with Crippen molar-refractivity contribution in [1.82, 2.24) is 10.3 Å². The number of halogens is 1. The summed E-state index contributed by atoms with van der Waals surface area (Å²) in [5.74, 6) is 0. The lowest BCUT2D eigenvalue weighted by molar-refractivity contribution is 0.683. The molecule has 2 aromatic rings. The molecule has 0 aliphatic carbocycles. The first-order valence-corrected chi connectivity index (χ1v) is 6.76. The van der Waals surface area contributed by atoms with Gasteiger partial charge in [0.25, 0.3) is 0 Å². The zero-order valence-corrected chi connectivity index (χ0v) is 12.5. The predicted octanol–water partition coefficient (Wildman–Crippen LogP) is 3.77. The van der Waals surface area contributed by atoms with Gasteiger partial charge in [0.2, 0.25) is 0 Å². The molecule has 0 spiro atoms. The number of hydrogen-bond donors (Lipinski definition) is 1. The molecule has 2 rings (SSSR count). The molecular formula is C15H17BrN2. The van der Waals surface area contributed by atoms with Crippen molar-refractivity contribution in [1.29, 1.82) is 0 Å². The summed E-state index contributed by atoms with van der Waals surface area (Å²) in [5.41, 5.74) is 4.93. The van der Waals surface area contributed by atoms with E-state index in [2.05, 4.69) is 64.3 Å². The van der Waals surface area contributed by atoms with E-state index in [-0.39, 0.29) is 6.04 Å². The minimum absolute atomic E-state index is 0.176. The number of benzene rings is 1. The van der Waals surface area contributed by atoms with E-state index in [9.17, 15) is 0 Å². The van der Waals surface area contributed by atoms with Crippen molar-refractivity contribution in [3.8, 4) is 0 Å². The zero-order chi connectivity index (χ0) is 13.1. The monoisotopic (exact) mass is 304 g/mol. The second kappa shape index (κ2) is 5.63. The van der Waals surface area contributed by atoms with Crippen LogP contribution in [0.2, 0.25) is 0 Å². The van der Waals surface area contributed by atoms with Crippen molar-refractivity contribution >= 4 is 15.9 Å². The largest absolute Gasteiger partial charge is 0.309 e. The van der Waals surface area contributed by atoms with Crippen molar-refractivity contribution in [2.24, 2.45) is 0 Å². The maximum absolute atomic E-state index is 4.28. The minimum atomic E-state index is 0.176. The second-order valence-corrected chi connectivity index (χ2v) is 5.43. The molecule has 18 heavy (non-hydrogen) atoms. The van der Waals surface area contributed by atoms with Crippen molar-refractivity contribution in [3.05, 3.63) is 63.4 Å². The molecule has 1 unspecified atom stereocenters. The fourth-order valence-corrected chi connectivity index (χ4v) is 2.54. The van der Waals surface area contributed by atoms with Gasteiger partial charge in [0.1, 0.15) is 0 Å². The maximum atomic E-state index is 4.28. The molecule has 0 aliphatic heterocycles. The zero-order valence-electron chi connectivity index (χ0n) is 10.9. The average molecular weight is 305 g/mol. The van der Waals surface area contributed by atoms with E-state index in [1.54, 1.807) is 0 Å². The molecule has 1 heterocycles. The molecule has 3 heteroatoms. The Bertz CT molecular complexity index is 552. The Morgan fingerprint density at radius 3 is 2.61 bits per heavy atom. The maximum Gasteiger partial charge on any atom is 0.0592 e. The van der Waals surface area contributed by atoms with Gasteiger partial charge >= 0.3 is 0 Å². The number of rotatable bonds is 3. The van der Waals surface area contributed by atoms with Gasteiger partial charge in [-0.3, -0.25) is 4.98 Å². The standard InChI is InChI=1S/C15H17BrN2/c1-10-6-12(9-18-8-10)15(17-3)14-7-13(16)5-4-11(14)2/h4-9,15,17H,1-3H3. The predicted molar refractivity (Wildman–Crippen MR) is 78.8 cm³/mol. The molecule has 1 aromatic carbocycles. The third-order valence-corrected chi connectivity index (χ3v) is 3.56. The van der Waals surface area contributed by atoms with Crippen LogP contribution in [0.25, 0.3) is 0 Å². The van der Waals surface area contributed by atoms with Gasteiger partial charge in [-0.05, 0) is 55.3 Å². The number of pyridine rings is 1. The van der Waals surface area contributed by atoms with Gasteiger partial charge in [0.05, 0.1) is 6.04 Å². The summed E-state index contributed by atoms with van der Waals surface area (Å²) in [6.45, 7) is 4.20. The average Bonchev–Trinajstić information content (AvgIpc) is 2.35. The van der Waals surface area contributed by atoms with Crippen LogP contribution < -0.4 is 5.32 Å². The summed E-state index contributed by atoms with van der Waals surface area (Å²) in [4.78, 5) is 4.28. The fourth-order valence-electron chi connectivity index (χ4n) is 2.16. The van der Waals surface area contributed by atoms with Gasteiger partial charge < -0.3 is 5.32 Å². The number of aryl methyl sites for hydroxylation is 2. The molecule has 1 N–H and O–H groups in total. The molecule has 94 valence electrons. The summed E-state index contributed by atoms with van der Waals surface area (Å²) >= 11 is 3.54. The normalized spacial score (nSPS) is 12.4. The van der Waals surface area contributed by atoms with Crippen molar-refractivity contribution in [2.45, 2.75) is 19.9 Å². The first-order chi connectivity index (χ1) is 8.61. The SMILES string of the molecule is CNC(c1cncc(C)c1)c1cc(Br)ccc1C. The quantitative estimate of drug-likeness (QED) is 0.933. The van der Waals surface area contributed by atoms with Crippen molar-refractivity contribution in [3.63, 3.8) is 0 Å². The highest BCUT2D eigenvalue weighted by atomic mass is 79.9. The fraction of sp³-hybridized carbons (Fsp3) is 0.267. The molecule has 0 saturated heterocycles. The molecule has 0 bridgehead atoms. The van der Waals surface area contributed by atoms with Crippen LogP contribution in [0, 0.1) is 13.8 Å². The van der Waals surface area contributed by atoms with Crippen LogP contribution in [0.1, 0.15) is 28.3 Å². The summed E-state index contributed by atoms with van der Waals surface area (Å²) in [7, 11) is 1.98. The Balaban J connectivity index is 2.48. The van der Waals surface area contributed by atoms with Crippen molar-refractivity contribution < 1.29 is 0 Å². The van der Waals surface area contributed by atoms with Gasteiger partial charge in [-0.2, -0.15) is 0 Å². The Morgan fingerprint density at radius 1 is 1.17 bits per heavy atom. The summed E-state index contributed by atoms with van der Waals surface area (Å²) < 4.78 is 1.10. The van der Waals surface area contributed by atoms with E-state index in [1.165, 1.54) is 22.3 Å². The third-order valence-electron chi connectivity index (χ3n) is 3.07.